The van der Waals surface area contributed by atoms with Gasteiger partial charge in [0.1, 0.15) is 11.5 Å². The number of nitrogens with zero attached hydrogens (tertiary/aromatic N) is 2. The molecule has 2 aliphatic rings. The summed E-state index contributed by atoms with van der Waals surface area (Å²) in [5.41, 5.74) is 10.9. The summed E-state index contributed by atoms with van der Waals surface area (Å²) in [5.74, 6) is 1.43. The molecule has 2 heterocycles. The molecule has 142 valence electrons. The molecule has 1 aromatic heterocycles. The van der Waals surface area contributed by atoms with E-state index in [9.17, 15) is 4.79 Å². The number of rotatable bonds is 4. The van der Waals surface area contributed by atoms with Crippen LogP contribution in [-0.4, -0.2) is 36.1 Å². The molecule has 0 saturated heterocycles. The molecule has 0 bridgehead atoms. The van der Waals surface area contributed by atoms with Crippen LogP contribution in [0.5, 0.6) is 11.5 Å². The van der Waals surface area contributed by atoms with Crippen molar-refractivity contribution >= 4 is 22.5 Å². The lowest BCUT2D eigenvalue weighted by Gasteiger charge is -2.14. The van der Waals surface area contributed by atoms with Crippen LogP contribution in [-0.2, 0) is 6.54 Å². The van der Waals surface area contributed by atoms with Crippen LogP contribution in [0.4, 0.5) is 5.69 Å². The van der Waals surface area contributed by atoms with E-state index in [1.54, 1.807) is 14.2 Å². The Hall–Kier alpha value is -3.28. The van der Waals surface area contributed by atoms with Crippen molar-refractivity contribution in [3.63, 3.8) is 0 Å². The predicted octanol–water partition coefficient (Wildman–Crippen LogP) is 3.62. The van der Waals surface area contributed by atoms with Crippen molar-refractivity contribution in [1.29, 1.82) is 0 Å². The third-order valence-electron chi connectivity index (χ3n) is 5.61. The van der Waals surface area contributed by atoms with Gasteiger partial charge in [-0.2, -0.15) is 0 Å². The van der Waals surface area contributed by atoms with E-state index in [4.69, 9.17) is 20.2 Å². The van der Waals surface area contributed by atoms with Gasteiger partial charge < -0.3 is 20.1 Å². The number of nitrogen functional groups attached to an aromatic ring is 1. The smallest absolute Gasteiger partial charge is 0.258 e. The Bertz CT molecular complexity index is 1120. The molecule has 0 spiro atoms. The highest BCUT2D eigenvalue weighted by Gasteiger charge is 2.40. The Morgan fingerprint density at radius 1 is 1.11 bits per heavy atom. The summed E-state index contributed by atoms with van der Waals surface area (Å²) in [5, 5.41) is 0.792. The zero-order valence-corrected chi connectivity index (χ0v) is 15.9. The molecule has 1 saturated carbocycles. The van der Waals surface area contributed by atoms with Crippen LogP contribution < -0.4 is 15.2 Å². The SMILES string of the molecule is COc1ccc(-c2cccc3c(N)c4c(nc23)CN(C2CC2)C4=O)c(OC)c1. The van der Waals surface area contributed by atoms with Crippen molar-refractivity contribution in [2.75, 3.05) is 20.0 Å². The molecule has 3 aromatic rings. The number of hydrogen-bond acceptors (Lipinski definition) is 5. The molecule has 6 heteroatoms. The molecule has 2 aromatic carbocycles. The van der Waals surface area contributed by atoms with Crippen molar-refractivity contribution in [3.05, 3.63) is 47.7 Å². The largest absolute Gasteiger partial charge is 0.497 e. The molecular weight excluding hydrogens is 354 g/mol. The number of nitrogens with two attached hydrogens (primary N) is 1. The average molecular weight is 375 g/mol. The highest BCUT2D eigenvalue weighted by Crippen LogP contribution is 2.42. The Labute approximate surface area is 162 Å². The predicted molar refractivity (Wildman–Crippen MR) is 108 cm³/mol. The van der Waals surface area contributed by atoms with Crippen LogP contribution >= 0.6 is 0 Å². The minimum atomic E-state index is 0.0110. The van der Waals surface area contributed by atoms with E-state index >= 15 is 0 Å². The highest BCUT2D eigenvalue weighted by molar-refractivity contribution is 6.11. The first-order valence-corrected chi connectivity index (χ1v) is 9.36. The Morgan fingerprint density at radius 2 is 1.93 bits per heavy atom. The van der Waals surface area contributed by atoms with Gasteiger partial charge in [-0.25, -0.2) is 4.98 Å². The lowest BCUT2D eigenvalue weighted by Crippen LogP contribution is -2.26. The standard InChI is InChI=1S/C22H21N3O3/c1-27-13-8-9-14(18(10-13)28-2)15-4-3-5-16-20(23)19-17(24-21(15)16)11-25(22(19)26)12-6-7-12/h3-5,8-10,12H,6-7,11H2,1-2H3,(H2,23,24). The number of amides is 1. The van der Waals surface area contributed by atoms with Gasteiger partial charge in [0.05, 0.1) is 43.2 Å². The summed E-state index contributed by atoms with van der Waals surface area (Å²) in [4.78, 5) is 19.6. The van der Waals surface area contributed by atoms with E-state index in [0.717, 1.165) is 46.3 Å². The maximum Gasteiger partial charge on any atom is 0.258 e. The van der Waals surface area contributed by atoms with E-state index in [0.29, 0.717) is 29.6 Å². The number of benzene rings is 2. The third kappa shape index (κ3) is 2.41. The molecular formula is C22H21N3O3. The number of carbonyl (C=O) groups excluding carboxylic acids is 1. The lowest BCUT2D eigenvalue weighted by atomic mass is 9.98. The van der Waals surface area contributed by atoms with Crippen molar-refractivity contribution in [3.8, 4) is 22.6 Å². The molecule has 1 aliphatic heterocycles. The maximum absolute atomic E-state index is 12.8. The number of para-hydroxylation sites is 1. The van der Waals surface area contributed by atoms with Crippen molar-refractivity contribution in [2.24, 2.45) is 0 Å². The number of hydrogen-bond donors (Lipinski definition) is 1. The monoisotopic (exact) mass is 375 g/mol. The number of fused-ring (bicyclic) bond motifs is 2. The zero-order chi connectivity index (χ0) is 19.4. The van der Waals surface area contributed by atoms with E-state index in [2.05, 4.69) is 0 Å². The van der Waals surface area contributed by atoms with Gasteiger partial charge in [0, 0.05) is 28.6 Å². The topological polar surface area (TPSA) is 77.7 Å². The van der Waals surface area contributed by atoms with E-state index in [1.165, 1.54) is 0 Å². The summed E-state index contributed by atoms with van der Waals surface area (Å²) in [6.07, 6.45) is 2.13. The molecule has 0 unspecified atom stereocenters. The maximum atomic E-state index is 12.8. The normalized spacial score (nSPS) is 15.8. The van der Waals surface area contributed by atoms with Crippen LogP contribution in [0, 0.1) is 0 Å². The summed E-state index contributed by atoms with van der Waals surface area (Å²) in [6.45, 7) is 0.535. The second-order valence-electron chi connectivity index (χ2n) is 7.28. The first-order chi connectivity index (χ1) is 13.6. The van der Waals surface area contributed by atoms with Crippen LogP contribution in [0.25, 0.3) is 22.0 Å². The third-order valence-corrected chi connectivity index (χ3v) is 5.61. The van der Waals surface area contributed by atoms with Crippen molar-refractivity contribution in [2.45, 2.75) is 25.4 Å². The Balaban J connectivity index is 1.72. The molecule has 0 atom stereocenters. The van der Waals surface area contributed by atoms with Crippen LogP contribution in [0.1, 0.15) is 28.9 Å². The molecule has 1 aliphatic carbocycles. The van der Waals surface area contributed by atoms with Crippen molar-refractivity contribution in [1.82, 2.24) is 9.88 Å². The fourth-order valence-corrected chi connectivity index (χ4v) is 4.01. The minimum absolute atomic E-state index is 0.0110. The second-order valence-corrected chi connectivity index (χ2v) is 7.28. The van der Waals surface area contributed by atoms with Gasteiger partial charge >= 0.3 is 0 Å². The highest BCUT2D eigenvalue weighted by atomic mass is 16.5. The quantitative estimate of drug-likeness (QED) is 0.754. The van der Waals surface area contributed by atoms with Gasteiger partial charge in [-0.1, -0.05) is 18.2 Å². The van der Waals surface area contributed by atoms with Crippen LogP contribution in [0.15, 0.2) is 36.4 Å². The van der Waals surface area contributed by atoms with Gasteiger partial charge in [0.25, 0.3) is 5.91 Å². The first kappa shape index (κ1) is 16.9. The zero-order valence-electron chi connectivity index (χ0n) is 15.9. The van der Waals surface area contributed by atoms with Gasteiger partial charge in [-0.3, -0.25) is 4.79 Å². The minimum Gasteiger partial charge on any atom is -0.497 e. The van der Waals surface area contributed by atoms with E-state index in [1.807, 2.05) is 41.3 Å². The number of pyridine rings is 1. The fourth-order valence-electron chi connectivity index (χ4n) is 4.01. The number of ether oxygens (including phenoxy) is 2. The summed E-state index contributed by atoms with van der Waals surface area (Å²) in [6, 6.07) is 11.9. The van der Waals surface area contributed by atoms with Gasteiger partial charge in [0.15, 0.2) is 0 Å². The molecule has 1 fully saturated rings. The molecule has 0 radical (unpaired) electrons. The van der Waals surface area contributed by atoms with Crippen molar-refractivity contribution < 1.29 is 14.3 Å². The number of carbonyl (C=O) groups is 1. The van der Waals surface area contributed by atoms with Gasteiger partial charge in [-0.05, 0) is 25.0 Å². The molecule has 6 nitrogen and oxygen atoms in total. The number of methoxy groups -OCH3 is 2. The number of anilines is 1. The summed E-state index contributed by atoms with van der Waals surface area (Å²) < 4.78 is 10.9. The first-order valence-electron chi connectivity index (χ1n) is 9.36. The summed E-state index contributed by atoms with van der Waals surface area (Å²) in [7, 11) is 3.26. The Morgan fingerprint density at radius 3 is 2.64 bits per heavy atom. The van der Waals surface area contributed by atoms with E-state index < -0.39 is 0 Å². The van der Waals surface area contributed by atoms with Crippen LogP contribution in [0.2, 0.25) is 0 Å². The lowest BCUT2D eigenvalue weighted by molar-refractivity contribution is 0.0767. The Kier molecular flexibility index (Phi) is 3.69. The van der Waals surface area contributed by atoms with E-state index in [-0.39, 0.29) is 5.91 Å². The fraction of sp³-hybridized carbons (Fsp3) is 0.273. The van der Waals surface area contributed by atoms with Gasteiger partial charge in [-0.15, -0.1) is 0 Å². The number of aromatic nitrogens is 1. The summed E-state index contributed by atoms with van der Waals surface area (Å²) >= 11 is 0. The molecule has 1 amide bonds. The molecule has 5 rings (SSSR count). The molecule has 28 heavy (non-hydrogen) atoms. The second kappa shape index (κ2) is 6.12. The average Bonchev–Trinajstić information content (AvgIpc) is 3.51. The van der Waals surface area contributed by atoms with Crippen LogP contribution in [0.3, 0.4) is 0 Å². The molecule has 2 N–H and O–H groups in total. The van der Waals surface area contributed by atoms with Gasteiger partial charge in [0.2, 0.25) is 0 Å².